The van der Waals surface area contributed by atoms with E-state index in [2.05, 4.69) is 5.32 Å². The average molecular weight is 463 g/mol. The molecule has 176 valence electrons. The topological polar surface area (TPSA) is 110 Å². The summed E-state index contributed by atoms with van der Waals surface area (Å²) in [6.07, 6.45) is 0.0944. The molecule has 1 aromatic carbocycles. The molecule has 0 unspecified atom stereocenters. The van der Waals surface area contributed by atoms with Gasteiger partial charge >= 0.3 is 0 Å². The molecule has 2 atom stereocenters. The molecule has 0 fully saturated rings. The van der Waals surface area contributed by atoms with Gasteiger partial charge in [-0.2, -0.15) is 0 Å². The SMILES string of the molecule is COCCN1C(=O)c2c(O)c(=O)c(C(=O)NCc3ccc(F)cc3F)c3n2[C@H](CC3)[C@@H]1OC. The molecule has 0 aliphatic carbocycles. The van der Waals surface area contributed by atoms with Gasteiger partial charge in [0.2, 0.25) is 5.43 Å². The Kier molecular flexibility index (Phi) is 6.17. The fourth-order valence-electron chi connectivity index (χ4n) is 4.55. The van der Waals surface area contributed by atoms with Crippen molar-refractivity contribution in [2.24, 2.45) is 0 Å². The van der Waals surface area contributed by atoms with Gasteiger partial charge in [-0.15, -0.1) is 0 Å². The Labute approximate surface area is 187 Å². The summed E-state index contributed by atoms with van der Waals surface area (Å²) >= 11 is 0. The Bertz CT molecular complexity index is 1180. The Hall–Kier alpha value is -3.31. The third-order valence-corrected chi connectivity index (χ3v) is 6.05. The van der Waals surface area contributed by atoms with E-state index in [0.717, 1.165) is 6.07 Å². The van der Waals surface area contributed by atoms with Crippen molar-refractivity contribution in [1.29, 1.82) is 0 Å². The zero-order valence-corrected chi connectivity index (χ0v) is 18.1. The molecule has 0 saturated carbocycles. The molecule has 0 spiro atoms. The van der Waals surface area contributed by atoms with Crippen molar-refractivity contribution in [2.75, 3.05) is 27.4 Å². The molecule has 3 heterocycles. The molecular formula is C22H23F2N3O6. The van der Waals surface area contributed by atoms with Gasteiger partial charge in [0, 0.05) is 44.6 Å². The van der Waals surface area contributed by atoms with Gasteiger partial charge in [0.1, 0.15) is 17.2 Å². The van der Waals surface area contributed by atoms with Gasteiger partial charge < -0.3 is 29.4 Å². The van der Waals surface area contributed by atoms with E-state index in [4.69, 9.17) is 9.47 Å². The van der Waals surface area contributed by atoms with Crippen molar-refractivity contribution in [1.82, 2.24) is 14.8 Å². The maximum absolute atomic E-state index is 13.9. The monoisotopic (exact) mass is 463 g/mol. The van der Waals surface area contributed by atoms with Crippen LogP contribution in [0.3, 0.4) is 0 Å². The number of aromatic nitrogens is 1. The van der Waals surface area contributed by atoms with Gasteiger partial charge in [-0.05, 0) is 18.9 Å². The average Bonchev–Trinajstić information content (AvgIpc) is 3.20. The molecular weight excluding hydrogens is 440 g/mol. The summed E-state index contributed by atoms with van der Waals surface area (Å²) in [6.45, 7) is 0.134. The maximum Gasteiger partial charge on any atom is 0.276 e. The lowest BCUT2D eigenvalue weighted by Gasteiger charge is -2.40. The van der Waals surface area contributed by atoms with Crippen LogP contribution >= 0.6 is 0 Å². The Morgan fingerprint density at radius 2 is 2.03 bits per heavy atom. The van der Waals surface area contributed by atoms with E-state index in [1.165, 1.54) is 29.8 Å². The number of carbonyl (C=O) groups is 2. The van der Waals surface area contributed by atoms with Crippen LogP contribution in [0.4, 0.5) is 8.78 Å². The molecule has 4 rings (SSSR count). The Morgan fingerprint density at radius 3 is 2.70 bits per heavy atom. The number of nitrogens with zero attached hydrogens (tertiary/aromatic N) is 2. The second kappa shape index (κ2) is 8.91. The number of carbonyl (C=O) groups excluding carboxylic acids is 2. The minimum absolute atomic E-state index is 0.0322. The van der Waals surface area contributed by atoms with Crippen molar-refractivity contribution < 1.29 is 33.0 Å². The van der Waals surface area contributed by atoms with E-state index < -0.39 is 46.9 Å². The van der Waals surface area contributed by atoms with Gasteiger partial charge in [0.15, 0.2) is 17.7 Å². The summed E-state index contributed by atoms with van der Waals surface area (Å²) in [5, 5.41) is 13.1. The predicted molar refractivity (Wildman–Crippen MR) is 111 cm³/mol. The molecule has 2 aliphatic rings. The number of aromatic hydroxyl groups is 1. The second-order valence-corrected chi connectivity index (χ2v) is 7.86. The zero-order valence-electron chi connectivity index (χ0n) is 18.1. The molecule has 0 bridgehead atoms. The number of hydrogen-bond donors (Lipinski definition) is 2. The van der Waals surface area contributed by atoms with Crippen LogP contribution in [0, 0.1) is 11.6 Å². The molecule has 33 heavy (non-hydrogen) atoms. The standard InChI is InChI=1S/C22H23F2N3O6/c1-32-8-7-26-21(31)17-19(29)18(28)16(14-5-6-15(27(14)17)22(26)33-2)20(30)25-10-11-3-4-12(23)9-13(11)24/h3-4,9,15,22,29H,5-8,10H2,1-2H3,(H,25,30)/t15-,22+/m1/s1. The molecule has 0 radical (unpaired) electrons. The van der Waals surface area contributed by atoms with Crippen molar-refractivity contribution in [3.63, 3.8) is 0 Å². The first-order valence-corrected chi connectivity index (χ1v) is 10.3. The summed E-state index contributed by atoms with van der Waals surface area (Å²) in [7, 11) is 2.94. The van der Waals surface area contributed by atoms with Gasteiger partial charge in [0.25, 0.3) is 11.8 Å². The highest BCUT2D eigenvalue weighted by molar-refractivity contribution is 6.00. The Balaban J connectivity index is 1.72. The summed E-state index contributed by atoms with van der Waals surface area (Å²) in [5.74, 6) is -3.85. The van der Waals surface area contributed by atoms with Crippen LogP contribution in [0.5, 0.6) is 5.75 Å². The largest absolute Gasteiger partial charge is 0.503 e. The molecule has 2 amide bonds. The highest BCUT2D eigenvalue weighted by Crippen LogP contribution is 2.40. The van der Waals surface area contributed by atoms with Crippen LogP contribution in [0.15, 0.2) is 23.0 Å². The van der Waals surface area contributed by atoms with Crippen LogP contribution in [-0.2, 0) is 22.4 Å². The predicted octanol–water partition coefficient (Wildman–Crippen LogP) is 1.32. The smallest absolute Gasteiger partial charge is 0.276 e. The highest BCUT2D eigenvalue weighted by atomic mass is 19.1. The van der Waals surface area contributed by atoms with Crippen molar-refractivity contribution in [3.8, 4) is 5.75 Å². The third-order valence-electron chi connectivity index (χ3n) is 6.05. The fourth-order valence-corrected chi connectivity index (χ4v) is 4.55. The van der Waals surface area contributed by atoms with Crippen LogP contribution in [0.25, 0.3) is 0 Å². The lowest BCUT2D eigenvalue weighted by Crippen LogP contribution is -2.53. The lowest BCUT2D eigenvalue weighted by molar-refractivity contribution is -0.0648. The third kappa shape index (κ3) is 3.76. The van der Waals surface area contributed by atoms with E-state index >= 15 is 0 Å². The van der Waals surface area contributed by atoms with Gasteiger partial charge in [-0.1, -0.05) is 6.07 Å². The first-order chi connectivity index (χ1) is 15.8. The quantitative estimate of drug-likeness (QED) is 0.641. The first kappa shape index (κ1) is 22.9. The van der Waals surface area contributed by atoms with Gasteiger partial charge in [0.05, 0.1) is 12.6 Å². The van der Waals surface area contributed by atoms with Crippen molar-refractivity contribution >= 4 is 11.8 Å². The van der Waals surface area contributed by atoms with E-state index in [1.54, 1.807) is 0 Å². The number of rotatable bonds is 7. The minimum Gasteiger partial charge on any atom is -0.503 e. The van der Waals surface area contributed by atoms with Crippen LogP contribution in [0.1, 0.15) is 44.6 Å². The normalized spacial score (nSPS) is 19.0. The minimum atomic E-state index is -0.982. The second-order valence-electron chi connectivity index (χ2n) is 7.86. The first-order valence-electron chi connectivity index (χ1n) is 10.3. The van der Waals surface area contributed by atoms with E-state index in [1.807, 2.05) is 0 Å². The van der Waals surface area contributed by atoms with E-state index in [-0.39, 0.29) is 36.5 Å². The summed E-state index contributed by atoms with van der Waals surface area (Å²) in [4.78, 5) is 40.4. The molecule has 0 saturated heterocycles. The molecule has 9 nitrogen and oxygen atoms in total. The number of amides is 2. The van der Waals surface area contributed by atoms with Crippen molar-refractivity contribution in [2.45, 2.75) is 31.7 Å². The molecule has 2 aromatic rings. The number of hydrogen-bond acceptors (Lipinski definition) is 6. The van der Waals surface area contributed by atoms with E-state index in [9.17, 15) is 28.3 Å². The molecule has 2 N–H and O–H groups in total. The maximum atomic E-state index is 13.9. The molecule has 2 aliphatic heterocycles. The number of methoxy groups -OCH3 is 2. The lowest BCUT2D eigenvalue weighted by atomic mass is 10.1. The van der Waals surface area contributed by atoms with E-state index in [0.29, 0.717) is 24.6 Å². The van der Waals surface area contributed by atoms with Gasteiger partial charge in [-0.3, -0.25) is 14.4 Å². The van der Waals surface area contributed by atoms with Crippen LogP contribution < -0.4 is 10.7 Å². The number of nitrogens with one attached hydrogen (secondary N) is 1. The number of pyridine rings is 1. The summed E-state index contributed by atoms with van der Waals surface area (Å²) in [6, 6.07) is 2.52. The van der Waals surface area contributed by atoms with Crippen molar-refractivity contribution in [3.05, 3.63) is 62.6 Å². The number of halogens is 2. The summed E-state index contributed by atoms with van der Waals surface area (Å²) < 4.78 is 39.1. The molecule has 11 heteroatoms. The van der Waals surface area contributed by atoms with Gasteiger partial charge in [-0.25, -0.2) is 8.78 Å². The van der Waals surface area contributed by atoms with Crippen LogP contribution in [0.2, 0.25) is 0 Å². The summed E-state index contributed by atoms with van der Waals surface area (Å²) in [5.41, 5.74) is -1.15. The number of ether oxygens (including phenoxy) is 2. The number of benzene rings is 1. The highest BCUT2D eigenvalue weighted by Gasteiger charge is 2.46. The zero-order chi connectivity index (χ0) is 23.9. The molecule has 1 aromatic heterocycles. The Morgan fingerprint density at radius 1 is 1.27 bits per heavy atom. The van der Waals surface area contributed by atoms with Crippen LogP contribution in [-0.4, -0.2) is 60.0 Å². The fraction of sp³-hybridized carbons (Fsp3) is 0.409.